The molecule has 1 aromatic heterocycles. The number of hydrogen-bond donors (Lipinski definition) is 1. The van der Waals surface area contributed by atoms with Crippen LogP contribution in [0.25, 0.3) is 11.4 Å². The largest absolute Gasteiger partial charge is 0.377 e. The van der Waals surface area contributed by atoms with Gasteiger partial charge in [-0.2, -0.15) is 10.4 Å². The molecule has 0 atom stereocenters. The molecule has 0 fully saturated rings. The molecule has 0 bridgehead atoms. The molecule has 80 valence electrons. The minimum absolute atomic E-state index is 0.394. The van der Waals surface area contributed by atoms with Gasteiger partial charge in [0.15, 0.2) is 11.6 Å². The first kappa shape index (κ1) is 10.3. The van der Waals surface area contributed by atoms with E-state index in [0.29, 0.717) is 23.8 Å². The van der Waals surface area contributed by atoms with Crippen molar-refractivity contribution in [1.82, 2.24) is 15.2 Å². The molecule has 1 heterocycles. The lowest BCUT2D eigenvalue weighted by Gasteiger charge is -1.94. The van der Waals surface area contributed by atoms with Crippen molar-refractivity contribution < 1.29 is 4.74 Å². The summed E-state index contributed by atoms with van der Waals surface area (Å²) in [5, 5.41) is 15.6. The standard InChI is InChI=1S/C11H10N4O/c1-16-7-10-13-11(15-14-10)9-4-2-3-8(5-9)6-12/h2-5H,7H2,1H3,(H,13,14,15). The van der Waals surface area contributed by atoms with E-state index in [-0.39, 0.29) is 0 Å². The third-order valence-corrected chi connectivity index (χ3v) is 2.06. The SMILES string of the molecule is COCc1nc(-c2cccc(C#N)c2)n[nH]1. The molecule has 5 nitrogen and oxygen atoms in total. The summed E-state index contributed by atoms with van der Waals surface area (Å²) in [6.45, 7) is 0.394. The van der Waals surface area contributed by atoms with E-state index >= 15 is 0 Å². The molecule has 0 aliphatic heterocycles. The average molecular weight is 214 g/mol. The normalized spacial score (nSPS) is 10.0. The number of nitrogens with one attached hydrogen (secondary N) is 1. The van der Waals surface area contributed by atoms with Gasteiger partial charge < -0.3 is 4.74 Å². The maximum absolute atomic E-state index is 8.78. The Hall–Kier alpha value is -2.19. The predicted molar refractivity (Wildman–Crippen MR) is 57.2 cm³/mol. The van der Waals surface area contributed by atoms with Crippen LogP contribution < -0.4 is 0 Å². The lowest BCUT2D eigenvalue weighted by Crippen LogP contribution is -1.89. The van der Waals surface area contributed by atoms with Gasteiger partial charge in [-0.25, -0.2) is 4.98 Å². The number of aromatic amines is 1. The highest BCUT2D eigenvalue weighted by Crippen LogP contribution is 2.15. The molecular formula is C11H10N4O. The number of methoxy groups -OCH3 is 1. The summed E-state index contributed by atoms with van der Waals surface area (Å²) < 4.78 is 4.94. The molecular weight excluding hydrogens is 204 g/mol. The highest BCUT2D eigenvalue weighted by Gasteiger charge is 2.05. The van der Waals surface area contributed by atoms with Crippen molar-refractivity contribution in [2.24, 2.45) is 0 Å². The van der Waals surface area contributed by atoms with Gasteiger partial charge in [0, 0.05) is 12.7 Å². The predicted octanol–water partition coefficient (Wildman–Crippen LogP) is 1.49. The highest BCUT2D eigenvalue weighted by molar-refractivity contribution is 5.57. The summed E-state index contributed by atoms with van der Waals surface area (Å²) in [5.41, 5.74) is 1.41. The number of nitriles is 1. The van der Waals surface area contributed by atoms with E-state index in [0.717, 1.165) is 5.56 Å². The Balaban J connectivity index is 2.32. The number of hydrogen-bond acceptors (Lipinski definition) is 4. The number of rotatable bonds is 3. The molecule has 16 heavy (non-hydrogen) atoms. The van der Waals surface area contributed by atoms with Crippen molar-refractivity contribution in [3.8, 4) is 17.5 Å². The van der Waals surface area contributed by atoms with Crippen LogP contribution in [0.15, 0.2) is 24.3 Å². The minimum atomic E-state index is 0.394. The van der Waals surface area contributed by atoms with Gasteiger partial charge in [-0.3, -0.25) is 5.10 Å². The van der Waals surface area contributed by atoms with E-state index in [9.17, 15) is 0 Å². The van der Waals surface area contributed by atoms with E-state index < -0.39 is 0 Å². The van der Waals surface area contributed by atoms with Crippen LogP contribution >= 0.6 is 0 Å². The van der Waals surface area contributed by atoms with Crippen molar-refractivity contribution in [2.75, 3.05) is 7.11 Å². The third kappa shape index (κ3) is 2.07. The van der Waals surface area contributed by atoms with Gasteiger partial charge in [0.1, 0.15) is 6.61 Å². The summed E-state index contributed by atoms with van der Waals surface area (Å²) in [6, 6.07) is 9.24. The molecule has 1 N–H and O–H groups in total. The number of ether oxygens (including phenoxy) is 1. The van der Waals surface area contributed by atoms with Crippen LogP contribution in [-0.4, -0.2) is 22.3 Å². The number of aromatic nitrogens is 3. The fraction of sp³-hybridized carbons (Fsp3) is 0.182. The van der Waals surface area contributed by atoms with Crippen LogP contribution in [0.1, 0.15) is 11.4 Å². The molecule has 0 unspecified atom stereocenters. The van der Waals surface area contributed by atoms with Gasteiger partial charge in [-0.15, -0.1) is 0 Å². The highest BCUT2D eigenvalue weighted by atomic mass is 16.5. The van der Waals surface area contributed by atoms with Crippen LogP contribution in [0.5, 0.6) is 0 Å². The van der Waals surface area contributed by atoms with Gasteiger partial charge in [-0.05, 0) is 12.1 Å². The van der Waals surface area contributed by atoms with Crippen molar-refractivity contribution >= 4 is 0 Å². The fourth-order valence-electron chi connectivity index (χ4n) is 1.35. The second-order valence-corrected chi connectivity index (χ2v) is 3.23. The Labute approximate surface area is 92.7 Å². The summed E-state index contributed by atoms with van der Waals surface area (Å²) >= 11 is 0. The van der Waals surface area contributed by atoms with Gasteiger partial charge >= 0.3 is 0 Å². The van der Waals surface area contributed by atoms with E-state index in [1.54, 1.807) is 25.3 Å². The van der Waals surface area contributed by atoms with Gasteiger partial charge in [0.25, 0.3) is 0 Å². The lowest BCUT2D eigenvalue weighted by molar-refractivity contribution is 0.178. The van der Waals surface area contributed by atoms with Crippen LogP contribution in [0, 0.1) is 11.3 Å². The quantitative estimate of drug-likeness (QED) is 0.839. The maximum atomic E-state index is 8.78. The Morgan fingerprint density at radius 1 is 1.50 bits per heavy atom. The first-order valence-electron chi connectivity index (χ1n) is 4.74. The summed E-state index contributed by atoms with van der Waals surface area (Å²) in [4.78, 5) is 4.24. The van der Waals surface area contributed by atoms with Crippen LogP contribution in [-0.2, 0) is 11.3 Å². The van der Waals surface area contributed by atoms with Crippen molar-refractivity contribution in [2.45, 2.75) is 6.61 Å². The number of nitrogens with zero attached hydrogens (tertiary/aromatic N) is 3. The van der Waals surface area contributed by atoms with Gasteiger partial charge in [0.2, 0.25) is 0 Å². The smallest absolute Gasteiger partial charge is 0.181 e. The molecule has 0 aliphatic rings. The molecule has 0 radical (unpaired) electrons. The summed E-state index contributed by atoms with van der Waals surface area (Å²) in [7, 11) is 1.60. The van der Waals surface area contributed by atoms with Crippen molar-refractivity contribution in [3.63, 3.8) is 0 Å². The second-order valence-electron chi connectivity index (χ2n) is 3.23. The summed E-state index contributed by atoms with van der Waals surface area (Å²) in [6.07, 6.45) is 0. The monoisotopic (exact) mass is 214 g/mol. The Morgan fingerprint density at radius 3 is 3.12 bits per heavy atom. The Bertz CT molecular complexity index is 527. The molecule has 0 spiro atoms. The lowest BCUT2D eigenvalue weighted by atomic mass is 10.1. The third-order valence-electron chi connectivity index (χ3n) is 2.06. The van der Waals surface area contributed by atoms with E-state index in [1.165, 1.54) is 0 Å². The first-order chi connectivity index (χ1) is 7.83. The Morgan fingerprint density at radius 2 is 2.38 bits per heavy atom. The van der Waals surface area contributed by atoms with Crippen LogP contribution in [0.3, 0.4) is 0 Å². The average Bonchev–Trinajstić information content (AvgIpc) is 2.78. The fourth-order valence-corrected chi connectivity index (χ4v) is 1.35. The van der Waals surface area contributed by atoms with Crippen LogP contribution in [0.2, 0.25) is 0 Å². The molecule has 5 heteroatoms. The van der Waals surface area contributed by atoms with Crippen LogP contribution in [0.4, 0.5) is 0 Å². The van der Waals surface area contributed by atoms with E-state index in [1.807, 2.05) is 6.07 Å². The summed E-state index contributed by atoms with van der Waals surface area (Å²) in [5.74, 6) is 1.24. The van der Waals surface area contributed by atoms with Crippen molar-refractivity contribution in [1.29, 1.82) is 5.26 Å². The number of H-pyrrole nitrogens is 1. The minimum Gasteiger partial charge on any atom is -0.377 e. The molecule has 2 aromatic rings. The van der Waals surface area contributed by atoms with E-state index in [2.05, 4.69) is 21.3 Å². The maximum Gasteiger partial charge on any atom is 0.181 e. The van der Waals surface area contributed by atoms with Gasteiger partial charge in [-0.1, -0.05) is 12.1 Å². The first-order valence-corrected chi connectivity index (χ1v) is 4.74. The second kappa shape index (κ2) is 4.55. The van der Waals surface area contributed by atoms with Gasteiger partial charge in [0.05, 0.1) is 11.6 Å². The molecule has 0 saturated heterocycles. The zero-order valence-corrected chi connectivity index (χ0v) is 8.77. The van der Waals surface area contributed by atoms with Crippen molar-refractivity contribution in [3.05, 3.63) is 35.7 Å². The molecule has 1 aromatic carbocycles. The molecule has 0 saturated carbocycles. The number of benzene rings is 1. The zero-order valence-electron chi connectivity index (χ0n) is 8.77. The van der Waals surface area contributed by atoms with E-state index in [4.69, 9.17) is 10.00 Å². The topological polar surface area (TPSA) is 74.6 Å². The Kier molecular flexibility index (Phi) is 2.94. The molecule has 2 rings (SSSR count). The molecule has 0 amide bonds. The zero-order chi connectivity index (χ0) is 11.4. The molecule has 0 aliphatic carbocycles.